The normalized spacial score (nSPS) is 9.50. The summed E-state index contributed by atoms with van der Waals surface area (Å²) in [5.74, 6) is 0.852. The van der Waals surface area contributed by atoms with E-state index < -0.39 is 0 Å². The van der Waals surface area contributed by atoms with Crippen LogP contribution in [-0.2, 0) is 0 Å². The molecule has 1 rings (SSSR count). The molecule has 0 amide bonds. The fourth-order valence-electron chi connectivity index (χ4n) is 1.12. The van der Waals surface area contributed by atoms with Gasteiger partial charge in [0.25, 0.3) is 0 Å². The van der Waals surface area contributed by atoms with Crippen LogP contribution in [0.5, 0.6) is 0 Å². The van der Waals surface area contributed by atoms with E-state index in [1.165, 1.54) is 6.33 Å². The van der Waals surface area contributed by atoms with Gasteiger partial charge in [0.15, 0.2) is 0 Å². The molecule has 74 valence electrons. The van der Waals surface area contributed by atoms with Crippen LogP contribution < -0.4 is 4.90 Å². The van der Waals surface area contributed by atoms with E-state index in [0.717, 1.165) is 17.0 Å². The quantitative estimate of drug-likeness (QED) is 0.772. The molecule has 0 spiro atoms. The average Bonchev–Trinajstić information content (AvgIpc) is 2.19. The summed E-state index contributed by atoms with van der Waals surface area (Å²) < 4.78 is 0.762. The zero-order valence-electron chi connectivity index (χ0n) is 7.94. The summed E-state index contributed by atoms with van der Waals surface area (Å²) >= 11 is 3.29. The van der Waals surface area contributed by atoms with Gasteiger partial charge in [-0.05, 0) is 22.9 Å². The molecular formula is C9H11BrN4. The molecule has 5 heteroatoms. The Balaban J connectivity index is 2.74. The minimum Gasteiger partial charge on any atom is -0.356 e. The molecule has 1 heterocycles. The molecule has 0 aliphatic heterocycles. The van der Waals surface area contributed by atoms with E-state index >= 15 is 0 Å². The molecule has 0 aliphatic rings. The van der Waals surface area contributed by atoms with E-state index in [1.54, 1.807) is 0 Å². The lowest BCUT2D eigenvalue weighted by Crippen LogP contribution is -2.24. The van der Waals surface area contributed by atoms with Gasteiger partial charge in [-0.15, -0.1) is 0 Å². The van der Waals surface area contributed by atoms with Crippen LogP contribution in [0.3, 0.4) is 0 Å². The number of aromatic nitrogens is 2. The predicted molar refractivity (Wildman–Crippen MR) is 57.8 cm³/mol. The van der Waals surface area contributed by atoms with Crippen molar-refractivity contribution in [2.75, 3.05) is 18.0 Å². The number of nitriles is 1. The first-order valence-corrected chi connectivity index (χ1v) is 5.16. The van der Waals surface area contributed by atoms with Crippen molar-refractivity contribution in [3.63, 3.8) is 0 Å². The van der Waals surface area contributed by atoms with Gasteiger partial charge in [-0.25, -0.2) is 9.97 Å². The highest BCUT2D eigenvalue weighted by Crippen LogP contribution is 2.14. The van der Waals surface area contributed by atoms with E-state index in [-0.39, 0.29) is 0 Å². The van der Waals surface area contributed by atoms with Crippen molar-refractivity contribution in [2.45, 2.75) is 13.3 Å². The second-order valence-electron chi connectivity index (χ2n) is 2.69. The van der Waals surface area contributed by atoms with Gasteiger partial charge in [-0.3, -0.25) is 0 Å². The molecule has 0 N–H and O–H groups in total. The fraction of sp³-hybridized carbons (Fsp3) is 0.444. The Labute approximate surface area is 91.7 Å². The minimum absolute atomic E-state index is 0.509. The van der Waals surface area contributed by atoms with Gasteiger partial charge in [0.05, 0.1) is 12.5 Å². The topological polar surface area (TPSA) is 52.8 Å². The maximum absolute atomic E-state index is 8.49. The first-order chi connectivity index (χ1) is 6.77. The van der Waals surface area contributed by atoms with Crippen LogP contribution in [0.15, 0.2) is 17.0 Å². The zero-order chi connectivity index (χ0) is 10.4. The van der Waals surface area contributed by atoms with E-state index in [2.05, 4.69) is 32.0 Å². The van der Waals surface area contributed by atoms with E-state index in [0.29, 0.717) is 13.0 Å². The standard InChI is InChI=1S/C9H11BrN4/c1-2-14(5-3-4-11)9-6-8(10)12-7-13-9/h6-7H,2-3,5H2,1H3. The molecule has 1 aromatic heterocycles. The molecule has 0 bridgehead atoms. The Hall–Kier alpha value is -1.15. The molecule has 0 aliphatic carbocycles. The maximum atomic E-state index is 8.49. The first-order valence-electron chi connectivity index (χ1n) is 4.37. The Morgan fingerprint density at radius 2 is 2.36 bits per heavy atom. The maximum Gasteiger partial charge on any atom is 0.133 e. The summed E-state index contributed by atoms with van der Waals surface area (Å²) in [4.78, 5) is 10.1. The number of hydrogen-bond donors (Lipinski definition) is 0. The molecule has 0 saturated carbocycles. The van der Waals surface area contributed by atoms with Crippen LogP contribution in [0.2, 0.25) is 0 Å². The SMILES string of the molecule is CCN(CCC#N)c1cc(Br)ncn1. The summed E-state index contributed by atoms with van der Waals surface area (Å²) in [5.41, 5.74) is 0. The highest BCUT2D eigenvalue weighted by atomic mass is 79.9. The van der Waals surface area contributed by atoms with E-state index in [1.807, 2.05) is 17.9 Å². The highest BCUT2D eigenvalue weighted by molar-refractivity contribution is 9.10. The van der Waals surface area contributed by atoms with Crippen molar-refractivity contribution < 1.29 is 0 Å². The third kappa shape index (κ3) is 2.96. The van der Waals surface area contributed by atoms with Crippen molar-refractivity contribution in [1.82, 2.24) is 9.97 Å². The summed E-state index contributed by atoms with van der Waals surface area (Å²) in [6.07, 6.45) is 2.02. The Kier molecular flexibility index (Phi) is 4.33. The van der Waals surface area contributed by atoms with Crippen molar-refractivity contribution in [3.05, 3.63) is 17.0 Å². The zero-order valence-corrected chi connectivity index (χ0v) is 9.53. The number of nitrogens with zero attached hydrogens (tertiary/aromatic N) is 4. The molecule has 0 fully saturated rings. The predicted octanol–water partition coefficient (Wildman–Crippen LogP) is 1.98. The first kappa shape index (κ1) is 10.9. The monoisotopic (exact) mass is 254 g/mol. The Morgan fingerprint density at radius 1 is 1.57 bits per heavy atom. The van der Waals surface area contributed by atoms with Crippen LogP contribution >= 0.6 is 15.9 Å². The second kappa shape index (κ2) is 5.55. The van der Waals surface area contributed by atoms with Gasteiger partial charge in [0.1, 0.15) is 16.7 Å². The molecule has 14 heavy (non-hydrogen) atoms. The summed E-state index contributed by atoms with van der Waals surface area (Å²) in [6.45, 7) is 3.58. The molecule has 0 saturated heterocycles. The van der Waals surface area contributed by atoms with Gasteiger partial charge in [-0.2, -0.15) is 5.26 Å². The van der Waals surface area contributed by atoms with Crippen LogP contribution in [0, 0.1) is 11.3 Å². The molecule has 0 atom stereocenters. The van der Waals surface area contributed by atoms with Crippen molar-refractivity contribution in [1.29, 1.82) is 5.26 Å². The summed E-state index contributed by atoms with van der Waals surface area (Å²) in [5, 5.41) is 8.49. The summed E-state index contributed by atoms with van der Waals surface area (Å²) in [6, 6.07) is 3.97. The van der Waals surface area contributed by atoms with Crippen LogP contribution in [0.1, 0.15) is 13.3 Å². The Bertz CT molecular complexity index is 334. The number of rotatable bonds is 4. The molecule has 0 aromatic carbocycles. The van der Waals surface area contributed by atoms with Crippen molar-refractivity contribution in [2.24, 2.45) is 0 Å². The highest BCUT2D eigenvalue weighted by Gasteiger charge is 2.05. The molecule has 0 unspecified atom stereocenters. The molecular weight excluding hydrogens is 244 g/mol. The second-order valence-corrected chi connectivity index (χ2v) is 3.50. The van der Waals surface area contributed by atoms with E-state index in [4.69, 9.17) is 5.26 Å². The lowest BCUT2D eigenvalue weighted by molar-refractivity contribution is 0.806. The largest absolute Gasteiger partial charge is 0.356 e. The molecule has 0 radical (unpaired) electrons. The van der Waals surface area contributed by atoms with Crippen molar-refractivity contribution in [3.8, 4) is 6.07 Å². The van der Waals surface area contributed by atoms with Crippen LogP contribution in [0.4, 0.5) is 5.82 Å². The van der Waals surface area contributed by atoms with Gasteiger partial charge in [-0.1, -0.05) is 0 Å². The minimum atomic E-state index is 0.509. The number of anilines is 1. The van der Waals surface area contributed by atoms with E-state index in [9.17, 15) is 0 Å². The van der Waals surface area contributed by atoms with Gasteiger partial charge >= 0.3 is 0 Å². The third-order valence-corrected chi connectivity index (χ3v) is 2.25. The average molecular weight is 255 g/mol. The number of halogens is 1. The Morgan fingerprint density at radius 3 is 2.93 bits per heavy atom. The lowest BCUT2D eigenvalue weighted by atomic mass is 10.4. The summed E-state index contributed by atoms with van der Waals surface area (Å²) in [7, 11) is 0. The fourth-order valence-corrected chi connectivity index (χ4v) is 1.41. The van der Waals surface area contributed by atoms with Gasteiger partial charge in [0.2, 0.25) is 0 Å². The number of hydrogen-bond acceptors (Lipinski definition) is 4. The smallest absolute Gasteiger partial charge is 0.133 e. The van der Waals surface area contributed by atoms with Gasteiger partial charge < -0.3 is 4.90 Å². The molecule has 4 nitrogen and oxygen atoms in total. The third-order valence-electron chi connectivity index (χ3n) is 1.82. The van der Waals surface area contributed by atoms with Gasteiger partial charge in [0, 0.05) is 19.2 Å². The molecule has 1 aromatic rings. The lowest BCUT2D eigenvalue weighted by Gasteiger charge is -2.20. The van der Waals surface area contributed by atoms with Crippen LogP contribution in [0.25, 0.3) is 0 Å². The van der Waals surface area contributed by atoms with Crippen LogP contribution in [-0.4, -0.2) is 23.1 Å². The van der Waals surface area contributed by atoms with Crippen molar-refractivity contribution >= 4 is 21.7 Å².